The minimum Gasteiger partial charge on any atom is -0.375 e. The number of hydrogen-bond acceptors (Lipinski definition) is 2. The lowest BCUT2D eigenvalue weighted by molar-refractivity contribution is 0.241. The number of thiocarbonyl (C=S) groups is 1. The molecule has 0 aromatic carbocycles. The van der Waals surface area contributed by atoms with Gasteiger partial charge in [-0.25, -0.2) is 10.2 Å². The number of nitrogens with two attached hydrogens (primary N) is 1. The molecule has 52 valence electrons. The van der Waals surface area contributed by atoms with Crippen molar-refractivity contribution in [2.45, 2.75) is 0 Å². The van der Waals surface area contributed by atoms with Crippen LogP contribution in [-0.2, 0) is 0 Å². The molecular formula is C3H8N4OS. The molecule has 0 rings (SSSR count). The molecule has 0 spiro atoms. The van der Waals surface area contributed by atoms with E-state index >= 15 is 0 Å². The summed E-state index contributed by atoms with van der Waals surface area (Å²) < 4.78 is 0. The third-order valence-electron chi connectivity index (χ3n) is 0.526. The van der Waals surface area contributed by atoms with Gasteiger partial charge in [0.15, 0.2) is 5.11 Å². The Bertz CT molecular complexity index is 125. The average molecular weight is 148 g/mol. The van der Waals surface area contributed by atoms with Crippen LogP contribution in [0.15, 0.2) is 0 Å². The van der Waals surface area contributed by atoms with Gasteiger partial charge in [-0.15, -0.1) is 0 Å². The van der Waals surface area contributed by atoms with Crippen LogP contribution in [0.4, 0.5) is 4.79 Å². The molecule has 0 heterocycles. The molecule has 9 heavy (non-hydrogen) atoms. The number of carbonyl (C=O) groups is 1. The van der Waals surface area contributed by atoms with Crippen molar-refractivity contribution in [2.24, 2.45) is 5.73 Å². The normalized spacial score (nSPS) is 7.67. The summed E-state index contributed by atoms with van der Waals surface area (Å²) in [4.78, 5) is 10.3. The molecule has 6 heteroatoms. The molecule has 0 saturated carbocycles. The summed E-state index contributed by atoms with van der Waals surface area (Å²) in [5.41, 5.74) is 9.38. The molecule has 0 bridgehead atoms. The van der Waals surface area contributed by atoms with Crippen LogP contribution in [0, 0.1) is 0 Å². The fourth-order valence-corrected chi connectivity index (χ4v) is 0.232. The Hall–Kier alpha value is -1.04. The lowest BCUT2D eigenvalue weighted by Gasteiger charge is -2.03. The number of hydrazine groups is 1. The lowest BCUT2D eigenvalue weighted by Crippen LogP contribution is -2.47. The predicted molar refractivity (Wildman–Crippen MR) is 37.5 cm³/mol. The first-order chi connectivity index (χ1) is 4.16. The molecule has 0 aliphatic carbocycles. The van der Waals surface area contributed by atoms with Gasteiger partial charge in [0.1, 0.15) is 0 Å². The van der Waals surface area contributed by atoms with E-state index in [2.05, 4.69) is 28.4 Å². The van der Waals surface area contributed by atoms with Gasteiger partial charge in [-0.05, 0) is 12.2 Å². The van der Waals surface area contributed by atoms with Crippen molar-refractivity contribution in [3.63, 3.8) is 0 Å². The van der Waals surface area contributed by atoms with Gasteiger partial charge in [-0.1, -0.05) is 0 Å². The van der Waals surface area contributed by atoms with Crippen molar-refractivity contribution in [2.75, 3.05) is 7.05 Å². The van der Waals surface area contributed by atoms with Crippen LogP contribution >= 0.6 is 12.2 Å². The Balaban J connectivity index is 3.28. The molecule has 0 fully saturated rings. The highest BCUT2D eigenvalue weighted by atomic mass is 32.1. The van der Waals surface area contributed by atoms with Crippen molar-refractivity contribution in [1.29, 1.82) is 0 Å². The third-order valence-corrected chi connectivity index (χ3v) is 0.628. The summed E-state index contributed by atoms with van der Waals surface area (Å²) in [5, 5.41) is 2.32. The Morgan fingerprint density at radius 3 is 2.44 bits per heavy atom. The van der Waals surface area contributed by atoms with E-state index in [-0.39, 0.29) is 11.1 Å². The maximum absolute atomic E-state index is 10.3. The monoisotopic (exact) mass is 148 g/mol. The van der Waals surface area contributed by atoms with Crippen LogP contribution in [0.25, 0.3) is 0 Å². The zero-order chi connectivity index (χ0) is 7.28. The van der Waals surface area contributed by atoms with Crippen LogP contribution in [-0.4, -0.2) is 18.2 Å². The summed E-state index contributed by atoms with van der Waals surface area (Å²) in [5.74, 6) is 0. The van der Waals surface area contributed by atoms with E-state index in [4.69, 9.17) is 5.73 Å². The van der Waals surface area contributed by atoms with E-state index in [0.29, 0.717) is 0 Å². The van der Waals surface area contributed by atoms with Gasteiger partial charge in [0.2, 0.25) is 0 Å². The molecule has 0 aromatic rings. The van der Waals surface area contributed by atoms with E-state index in [0.717, 1.165) is 0 Å². The lowest BCUT2D eigenvalue weighted by atomic mass is 11.0. The Kier molecular flexibility index (Phi) is 3.45. The largest absolute Gasteiger partial charge is 0.375 e. The number of nitrogens with one attached hydrogen (secondary N) is 3. The van der Waals surface area contributed by atoms with E-state index in [1.165, 1.54) is 7.05 Å². The molecule has 0 radical (unpaired) electrons. The van der Waals surface area contributed by atoms with Crippen molar-refractivity contribution in [3.8, 4) is 0 Å². The quantitative estimate of drug-likeness (QED) is 0.253. The minimum atomic E-state index is -0.386. The molecule has 5 nitrogen and oxygen atoms in total. The molecular weight excluding hydrogens is 140 g/mol. The van der Waals surface area contributed by atoms with E-state index in [1.54, 1.807) is 0 Å². The second kappa shape index (κ2) is 3.90. The van der Waals surface area contributed by atoms with Crippen molar-refractivity contribution in [1.82, 2.24) is 16.2 Å². The summed E-state index contributed by atoms with van der Waals surface area (Å²) in [6.45, 7) is 0. The zero-order valence-corrected chi connectivity index (χ0v) is 5.71. The summed E-state index contributed by atoms with van der Waals surface area (Å²) >= 11 is 4.39. The highest BCUT2D eigenvalue weighted by Gasteiger charge is 1.91. The number of rotatable bonds is 0. The van der Waals surface area contributed by atoms with Crippen molar-refractivity contribution in [3.05, 3.63) is 0 Å². The maximum Gasteiger partial charge on any atom is 0.333 e. The van der Waals surface area contributed by atoms with E-state index < -0.39 is 0 Å². The average Bonchev–Trinajstić information content (AvgIpc) is 1.83. The topological polar surface area (TPSA) is 79.2 Å². The molecule has 0 aliphatic heterocycles. The molecule has 0 atom stereocenters. The molecule has 0 unspecified atom stereocenters. The Labute approximate surface area is 57.9 Å². The van der Waals surface area contributed by atoms with Gasteiger partial charge < -0.3 is 11.1 Å². The molecule has 0 aromatic heterocycles. The van der Waals surface area contributed by atoms with Gasteiger partial charge in [0, 0.05) is 7.05 Å². The SMILES string of the molecule is CNC(=O)NNC(N)=S. The van der Waals surface area contributed by atoms with Crippen LogP contribution in [0.1, 0.15) is 0 Å². The van der Waals surface area contributed by atoms with Gasteiger partial charge in [-0.3, -0.25) is 5.43 Å². The number of urea groups is 1. The van der Waals surface area contributed by atoms with Gasteiger partial charge in [0.05, 0.1) is 0 Å². The Morgan fingerprint density at radius 2 is 2.11 bits per heavy atom. The molecule has 0 aliphatic rings. The number of carbonyl (C=O) groups excluding carboxylic acids is 1. The third kappa shape index (κ3) is 4.82. The van der Waals surface area contributed by atoms with E-state index in [9.17, 15) is 4.79 Å². The van der Waals surface area contributed by atoms with Crippen molar-refractivity contribution < 1.29 is 4.79 Å². The molecule has 2 amide bonds. The number of amides is 2. The van der Waals surface area contributed by atoms with Crippen LogP contribution in [0.5, 0.6) is 0 Å². The minimum absolute atomic E-state index is 0.0265. The van der Waals surface area contributed by atoms with Gasteiger partial charge >= 0.3 is 6.03 Å². The first-order valence-corrected chi connectivity index (χ1v) is 2.61. The fourth-order valence-electron chi connectivity index (χ4n) is 0.181. The maximum atomic E-state index is 10.3. The summed E-state index contributed by atoms with van der Waals surface area (Å²) in [6, 6.07) is -0.386. The van der Waals surface area contributed by atoms with Crippen LogP contribution in [0.2, 0.25) is 0 Å². The highest BCUT2D eigenvalue weighted by Crippen LogP contribution is 1.55. The first kappa shape index (κ1) is 7.96. The smallest absolute Gasteiger partial charge is 0.333 e. The summed E-state index contributed by atoms with van der Waals surface area (Å²) in [6.07, 6.45) is 0. The fraction of sp³-hybridized carbons (Fsp3) is 0.333. The molecule has 5 N–H and O–H groups in total. The highest BCUT2D eigenvalue weighted by molar-refractivity contribution is 7.80. The van der Waals surface area contributed by atoms with Crippen LogP contribution in [0.3, 0.4) is 0 Å². The van der Waals surface area contributed by atoms with E-state index in [1.807, 2.05) is 0 Å². The molecule has 0 saturated heterocycles. The van der Waals surface area contributed by atoms with Crippen molar-refractivity contribution >= 4 is 23.4 Å². The number of hydrogen-bond donors (Lipinski definition) is 4. The first-order valence-electron chi connectivity index (χ1n) is 2.20. The Morgan fingerprint density at radius 1 is 1.56 bits per heavy atom. The van der Waals surface area contributed by atoms with Gasteiger partial charge in [-0.2, -0.15) is 0 Å². The van der Waals surface area contributed by atoms with Gasteiger partial charge in [0.25, 0.3) is 0 Å². The predicted octanol–water partition coefficient (Wildman–Crippen LogP) is -1.34. The zero-order valence-electron chi connectivity index (χ0n) is 4.89. The standard InChI is InChI=1S/C3H8N4OS/c1-5-3(8)7-6-2(4)9/h1H3,(H3,4,6,9)(H2,5,7,8). The summed E-state index contributed by atoms with van der Waals surface area (Å²) in [7, 11) is 1.48. The van der Waals surface area contributed by atoms with Crippen LogP contribution < -0.4 is 21.9 Å². The second-order valence-corrected chi connectivity index (χ2v) is 1.63. The second-order valence-electron chi connectivity index (χ2n) is 1.19.